The van der Waals surface area contributed by atoms with Crippen LogP contribution in [-0.4, -0.2) is 22.8 Å². The predicted octanol–water partition coefficient (Wildman–Crippen LogP) is 3.68. The third-order valence-corrected chi connectivity index (χ3v) is 2.77. The van der Waals surface area contributed by atoms with Crippen molar-refractivity contribution in [3.8, 4) is 5.88 Å². The fourth-order valence-electron chi connectivity index (χ4n) is 1.55. The molecule has 0 aliphatic carbocycles. The monoisotopic (exact) mass is 317 g/mol. The zero-order valence-corrected chi connectivity index (χ0v) is 11.4. The Kier molecular flexibility index (Phi) is 4.85. The predicted molar refractivity (Wildman–Crippen MR) is 72.4 cm³/mol. The molecular formula is C13H11ClF3N3O. The van der Waals surface area contributed by atoms with Gasteiger partial charge in [-0.15, -0.1) is 0 Å². The van der Waals surface area contributed by atoms with Gasteiger partial charge in [-0.1, -0.05) is 17.7 Å². The minimum absolute atomic E-state index is 0.0625. The highest BCUT2D eigenvalue weighted by molar-refractivity contribution is 6.33. The number of nitrogens with zero attached hydrogens (tertiary/aromatic N) is 2. The standard InChI is InChI=1S/C13H11ClF3N3O/c14-10-7-18-5-3-11(10)20-6-9-2-1-4-19-12(9)21-8-13(15,16)17/h1-5,7H,6,8H2,(H,18,20). The fourth-order valence-corrected chi connectivity index (χ4v) is 1.73. The fraction of sp³-hybridized carbons (Fsp3) is 0.231. The van der Waals surface area contributed by atoms with Crippen molar-refractivity contribution < 1.29 is 17.9 Å². The largest absolute Gasteiger partial charge is 0.468 e. The average molecular weight is 318 g/mol. The molecule has 0 radical (unpaired) electrons. The summed E-state index contributed by atoms with van der Waals surface area (Å²) in [6.45, 7) is -1.15. The van der Waals surface area contributed by atoms with Gasteiger partial charge in [0.05, 0.1) is 10.7 Å². The molecule has 8 heteroatoms. The molecule has 0 atom stereocenters. The van der Waals surface area contributed by atoms with Crippen LogP contribution in [0.15, 0.2) is 36.8 Å². The Morgan fingerprint density at radius 3 is 2.76 bits per heavy atom. The molecule has 2 rings (SSSR count). The number of nitrogens with one attached hydrogen (secondary N) is 1. The van der Waals surface area contributed by atoms with Gasteiger partial charge in [-0.25, -0.2) is 4.98 Å². The molecule has 0 spiro atoms. The van der Waals surface area contributed by atoms with Crippen molar-refractivity contribution in [2.45, 2.75) is 12.7 Å². The van der Waals surface area contributed by atoms with Crippen LogP contribution in [0.3, 0.4) is 0 Å². The highest BCUT2D eigenvalue weighted by atomic mass is 35.5. The summed E-state index contributed by atoms with van der Waals surface area (Å²) in [5, 5.41) is 3.41. The number of alkyl halides is 3. The van der Waals surface area contributed by atoms with Crippen LogP contribution < -0.4 is 10.1 Å². The maximum atomic E-state index is 12.2. The summed E-state index contributed by atoms with van der Waals surface area (Å²) in [7, 11) is 0. The molecule has 2 aromatic rings. The zero-order valence-electron chi connectivity index (χ0n) is 10.7. The van der Waals surface area contributed by atoms with E-state index in [-0.39, 0.29) is 12.4 Å². The topological polar surface area (TPSA) is 47.0 Å². The molecule has 0 bridgehead atoms. The van der Waals surface area contributed by atoms with E-state index in [9.17, 15) is 13.2 Å². The minimum atomic E-state index is -4.41. The van der Waals surface area contributed by atoms with Crippen LogP contribution in [0.1, 0.15) is 5.56 Å². The molecule has 0 aliphatic heterocycles. The van der Waals surface area contributed by atoms with Crippen LogP contribution in [0, 0.1) is 0 Å². The molecular weight excluding hydrogens is 307 g/mol. The van der Waals surface area contributed by atoms with Gasteiger partial charge in [0.25, 0.3) is 0 Å². The number of halogens is 4. The van der Waals surface area contributed by atoms with Crippen LogP contribution in [0.5, 0.6) is 5.88 Å². The smallest absolute Gasteiger partial charge is 0.422 e. The number of anilines is 1. The number of ether oxygens (including phenoxy) is 1. The molecule has 2 aromatic heterocycles. The van der Waals surface area contributed by atoms with E-state index in [1.54, 1.807) is 24.4 Å². The molecule has 4 nitrogen and oxygen atoms in total. The van der Waals surface area contributed by atoms with Crippen LogP contribution in [0.2, 0.25) is 5.02 Å². The van der Waals surface area contributed by atoms with Crippen LogP contribution >= 0.6 is 11.6 Å². The summed E-state index contributed by atoms with van der Waals surface area (Å²) in [5.74, 6) is -0.0625. The molecule has 0 aromatic carbocycles. The van der Waals surface area contributed by atoms with E-state index < -0.39 is 12.8 Å². The van der Waals surface area contributed by atoms with E-state index in [2.05, 4.69) is 15.3 Å². The lowest BCUT2D eigenvalue weighted by Gasteiger charge is -2.13. The van der Waals surface area contributed by atoms with E-state index >= 15 is 0 Å². The SMILES string of the molecule is FC(F)(F)COc1ncccc1CNc1ccncc1Cl. The number of pyridine rings is 2. The van der Waals surface area contributed by atoms with Crippen LogP contribution in [0.4, 0.5) is 18.9 Å². The van der Waals surface area contributed by atoms with Crippen molar-refractivity contribution in [3.05, 3.63) is 47.4 Å². The van der Waals surface area contributed by atoms with Crippen molar-refractivity contribution in [2.75, 3.05) is 11.9 Å². The van der Waals surface area contributed by atoms with Gasteiger partial charge < -0.3 is 10.1 Å². The van der Waals surface area contributed by atoms with Gasteiger partial charge in [0.1, 0.15) is 0 Å². The van der Waals surface area contributed by atoms with Crippen molar-refractivity contribution in [2.24, 2.45) is 0 Å². The molecule has 0 saturated carbocycles. The summed E-state index contributed by atoms with van der Waals surface area (Å²) in [6.07, 6.45) is -0.0159. The van der Waals surface area contributed by atoms with Crippen molar-refractivity contribution in [1.29, 1.82) is 0 Å². The molecule has 112 valence electrons. The van der Waals surface area contributed by atoms with Crippen molar-refractivity contribution in [3.63, 3.8) is 0 Å². The lowest BCUT2D eigenvalue weighted by Crippen LogP contribution is -2.20. The Labute approximate surface area is 123 Å². The van der Waals surface area contributed by atoms with E-state index in [4.69, 9.17) is 16.3 Å². The van der Waals surface area contributed by atoms with Gasteiger partial charge in [-0.3, -0.25) is 4.98 Å². The van der Waals surface area contributed by atoms with Crippen LogP contribution in [-0.2, 0) is 6.54 Å². The highest BCUT2D eigenvalue weighted by Crippen LogP contribution is 2.23. The first-order chi connectivity index (χ1) is 9.96. The van der Waals surface area contributed by atoms with Gasteiger partial charge in [0.2, 0.25) is 5.88 Å². The second-order valence-corrected chi connectivity index (χ2v) is 4.49. The molecule has 0 fully saturated rings. The molecule has 2 heterocycles. The number of hydrogen-bond acceptors (Lipinski definition) is 4. The Balaban J connectivity index is 2.05. The third-order valence-electron chi connectivity index (χ3n) is 2.46. The zero-order chi connectivity index (χ0) is 15.3. The van der Waals surface area contributed by atoms with E-state index in [0.29, 0.717) is 16.3 Å². The number of aromatic nitrogens is 2. The summed E-state index contributed by atoms with van der Waals surface area (Å²) in [6, 6.07) is 4.90. The Morgan fingerprint density at radius 1 is 1.24 bits per heavy atom. The number of rotatable bonds is 5. The summed E-state index contributed by atoms with van der Waals surface area (Å²) in [4.78, 5) is 7.65. The number of hydrogen-bond donors (Lipinski definition) is 1. The lowest BCUT2D eigenvalue weighted by atomic mass is 10.2. The normalized spacial score (nSPS) is 11.2. The Morgan fingerprint density at radius 2 is 2.05 bits per heavy atom. The molecule has 0 saturated heterocycles. The van der Waals surface area contributed by atoms with Gasteiger partial charge in [-0.05, 0) is 12.1 Å². The lowest BCUT2D eigenvalue weighted by molar-refractivity contribution is -0.154. The Hall–Kier alpha value is -2.02. The van der Waals surface area contributed by atoms with E-state index in [1.807, 2.05) is 0 Å². The van der Waals surface area contributed by atoms with Crippen molar-refractivity contribution in [1.82, 2.24) is 9.97 Å². The molecule has 0 aliphatic rings. The second kappa shape index (κ2) is 6.62. The Bertz CT molecular complexity index is 607. The average Bonchev–Trinajstić information content (AvgIpc) is 2.44. The first kappa shape index (κ1) is 15.4. The maximum Gasteiger partial charge on any atom is 0.422 e. The second-order valence-electron chi connectivity index (χ2n) is 4.08. The quantitative estimate of drug-likeness (QED) is 0.913. The van der Waals surface area contributed by atoms with Gasteiger partial charge in [-0.2, -0.15) is 13.2 Å². The van der Waals surface area contributed by atoms with E-state index in [0.717, 1.165) is 0 Å². The summed E-state index contributed by atoms with van der Waals surface area (Å²) < 4.78 is 41.3. The highest BCUT2D eigenvalue weighted by Gasteiger charge is 2.29. The van der Waals surface area contributed by atoms with Crippen LogP contribution in [0.25, 0.3) is 0 Å². The first-order valence-corrected chi connectivity index (χ1v) is 6.30. The molecule has 0 unspecified atom stereocenters. The van der Waals surface area contributed by atoms with Gasteiger partial charge in [0, 0.05) is 30.7 Å². The third kappa shape index (κ3) is 4.78. The summed E-state index contributed by atoms with van der Waals surface area (Å²) >= 11 is 5.93. The summed E-state index contributed by atoms with van der Waals surface area (Å²) in [5.41, 5.74) is 1.12. The van der Waals surface area contributed by atoms with Gasteiger partial charge in [0.15, 0.2) is 6.61 Å². The minimum Gasteiger partial charge on any atom is -0.468 e. The molecule has 21 heavy (non-hydrogen) atoms. The van der Waals surface area contributed by atoms with E-state index in [1.165, 1.54) is 12.4 Å². The van der Waals surface area contributed by atoms with Crippen molar-refractivity contribution >= 4 is 17.3 Å². The maximum absolute atomic E-state index is 12.2. The first-order valence-electron chi connectivity index (χ1n) is 5.92. The molecule has 1 N–H and O–H groups in total. The molecule has 0 amide bonds. The van der Waals surface area contributed by atoms with Gasteiger partial charge >= 0.3 is 6.18 Å².